The van der Waals surface area contributed by atoms with Gasteiger partial charge in [-0.1, -0.05) is 0 Å². The van der Waals surface area contributed by atoms with Gasteiger partial charge in [-0.15, -0.1) is 0 Å². The van der Waals surface area contributed by atoms with Gasteiger partial charge in [0.15, 0.2) is 12.7 Å². The van der Waals surface area contributed by atoms with Crippen LogP contribution in [0.4, 0.5) is 5.82 Å². The van der Waals surface area contributed by atoms with Crippen LogP contribution in [0.3, 0.4) is 0 Å². The Morgan fingerprint density at radius 3 is 3.45 bits per heavy atom. The van der Waals surface area contributed by atoms with Crippen LogP contribution in [0, 0.1) is 6.33 Å². The molecule has 0 amide bonds. The Bertz CT molecular complexity index is 250. The fourth-order valence-corrected chi connectivity index (χ4v) is 1.09. The van der Waals surface area contributed by atoms with Crippen LogP contribution in [0.25, 0.3) is 0 Å². The Morgan fingerprint density at radius 1 is 1.73 bits per heavy atom. The number of fused-ring (bicyclic) bond motifs is 1. The molecule has 0 aromatic carbocycles. The Morgan fingerprint density at radius 2 is 2.64 bits per heavy atom. The molecule has 0 aliphatic carbocycles. The summed E-state index contributed by atoms with van der Waals surface area (Å²) in [7, 11) is 0. The van der Waals surface area contributed by atoms with Gasteiger partial charge in [0.05, 0.1) is 5.69 Å². The maximum Gasteiger partial charge on any atom is 0.198 e. The topological polar surface area (TPSA) is 62.0 Å². The number of rotatable bonds is 1. The molecule has 11 heavy (non-hydrogen) atoms. The number of aromatic amines is 1. The molecule has 3 N–H and O–H groups in total. The lowest BCUT2D eigenvalue weighted by atomic mass is 10.4. The third-order valence-electron chi connectivity index (χ3n) is 1.50. The fourth-order valence-electron chi connectivity index (χ4n) is 0.962. The number of H-pyrrole nitrogens is 1. The molecule has 0 saturated heterocycles. The fraction of sp³-hybridized carbons (Fsp3) is 0.400. The van der Waals surface area contributed by atoms with Crippen LogP contribution in [0.1, 0.15) is 5.69 Å². The Hall–Kier alpha value is -0.720. The Labute approximate surface area is 69.2 Å². The zero-order valence-electron chi connectivity index (χ0n) is 5.59. The van der Waals surface area contributed by atoms with Gasteiger partial charge >= 0.3 is 0 Å². The lowest BCUT2D eigenvalue weighted by molar-refractivity contribution is 0.223. The first kappa shape index (κ1) is 6.96. The van der Waals surface area contributed by atoms with Crippen molar-refractivity contribution >= 4 is 18.7 Å². The lowest BCUT2D eigenvalue weighted by Gasteiger charge is -2.22. The summed E-state index contributed by atoms with van der Waals surface area (Å²) in [5, 5.41) is 5.97. The van der Waals surface area contributed by atoms with Crippen molar-refractivity contribution in [2.24, 2.45) is 0 Å². The molecule has 1 unspecified atom stereocenters. The molecule has 59 valence electrons. The summed E-state index contributed by atoms with van der Waals surface area (Å²) in [5.74, 6) is 0.836. The van der Waals surface area contributed by atoms with Crippen molar-refractivity contribution in [3.05, 3.63) is 12.0 Å². The van der Waals surface area contributed by atoms with Crippen molar-refractivity contribution in [2.75, 3.05) is 5.32 Å². The molecule has 0 saturated carbocycles. The highest BCUT2D eigenvalue weighted by Gasteiger charge is 2.17. The lowest BCUT2D eigenvalue weighted by Crippen LogP contribution is -2.40. The zero-order valence-corrected chi connectivity index (χ0v) is 6.48. The summed E-state index contributed by atoms with van der Waals surface area (Å²) in [5.41, 5.74) is 0.909. The van der Waals surface area contributed by atoms with Gasteiger partial charge in [0.1, 0.15) is 5.82 Å². The molecular weight excluding hydrogens is 164 g/mol. The average Bonchev–Trinajstić information content (AvgIpc) is 2.50. The Kier molecular flexibility index (Phi) is 1.72. The van der Waals surface area contributed by atoms with Crippen molar-refractivity contribution in [2.45, 2.75) is 12.9 Å². The molecular formula is C5H7N4OS. The first-order valence-corrected chi connectivity index (χ1v) is 3.52. The predicted octanol–water partition coefficient (Wildman–Crippen LogP) is -0.130. The van der Waals surface area contributed by atoms with Gasteiger partial charge in [0.2, 0.25) is 0 Å². The van der Waals surface area contributed by atoms with E-state index in [1.54, 1.807) is 0 Å². The summed E-state index contributed by atoms with van der Waals surface area (Å²) in [4.78, 5) is 6.76. The van der Waals surface area contributed by atoms with Crippen LogP contribution < -0.4 is 10.6 Å². The molecule has 5 nitrogen and oxygen atoms in total. The van der Waals surface area contributed by atoms with Crippen molar-refractivity contribution in [3.8, 4) is 0 Å². The second-order valence-corrected chi connectivity index (χ2v) is 2.39. The van der Waals surface area contributed by atoms with E-state index in [1.807, 2.05) is 0 Å². The molecule has 1 aromatic rings. The van der Waals surface area contributed by atoms with Crippen molar-refractivity contribution < 1.29 is 4.18 Å². The van der Waals surface area contributed by atoms with Crippen molar-refractivity contribution in [1.82, 2.24) is 15.3 Å². The number of hydrogen-bond donors (Lipinski definition) is 4. The molecule has 1 aromatic heterocycles. The monoisotopic (exact) mass is 171 g/mol. The summed E-state index contributed by atoms with van der Waals surface area (Å²) in [6, 6.07) is 0. The molecule has 1 atom stereocenters. The number of thiol groups is 1. The number of hydrogen-bond acceptors (Lipinski definition) is 5. The quantitative estimate of drug-likeness (QED) is 0.351. The smallest absolute Gasteiger partial charge is 0.198 e. The minimum absolute atomic E-state index is 0.264. The summed E-state index contributed by atoms with van der Waals surface area (Å²) >= 11 is 3.67. The number of aromatic nitrogens is 2. The molecule has 0 bridgehead atoms. The van der Waals surface area contributed by atoms with Crippen molar-refractivity contribution in [1.29, 1.82) is 0 Å². The maximum absolute atomic E-state index is 4.73. The van der Waals surface area contributed by atoms with Gasteiger partial charge in [0.25, 0.3) is 0 Å². The second-order valence-electron chi connectivity index (χ2n) is 2.18. The number of nitrogens with zero attached hydrogens (tertiary/aromatic N) is 1. The van der Waals surface area contributed by atoms with E-state index in [4.69, 9.17) is 4.18 Å². The summed E-state index contributed by atoms with van der Waals surface area (Å²) in [6.07, 6.45) is 2.36. The number of imidazole rings is 1. The molecule has 0 spiro atoms. The van der Waals surface area contributed by atoms with Crippen LogP contribution in [0.5, 0.6) is 0 Å². The minimum atomic E-state index is -0.264. The first-order chi connectivity index (χ1) is 5.40. The molecule has 0 fully saturated rings. The Balaban J connectivity index is 2.18. The molecule has 2 heterocycles. The highest BCUT2D eigenvalue weighted by atomic mass is 32.1. The maximum atomic E-state index is 4.73. The standard InChI is InChI=1S/C5H7N4OS/c11-10-5-6-1-3-4(9-5)8-2-7-3/h5-6,9,11H,1H2,(H,7,8). The third kappa shape index (κ3) is 1.20. The van der Waals surface area contributed by atoms with Crippen LogP contribution in [-0.2, 0) is 10.7 Å². The van der Waals surface area contributed by atoms with Gasteiger partial charge in [0, 0.05) is 6.54 Å². The normalized spacial score (nSPS) is 22.5. The van der Waals surface area contributed by atoms with Crippen LogP contribution >= 0.6 is 12.9 Å². The van der Waals surface area contributed by atoms with E-state index in [0.717, 1.165) is 11.5 Å². The number of nitrogens with one attached hydrogen (secondary N) is 3. The van der Waals surface area contributed by atoms with Crippen LogP contribution in [-0.4, -0.2) is 16.3 Å². The van der Waals surface area contributed by atoms with E-state index in [0.29, 0.717) is 6.54 Å². The van der Waals surface area contributed by atoms with Crippen molar-refractivity contribution in [3.63, 3.8) is 0 Å². The van der Waals surface area contributed by atoms with E-state index < -0.39 is 0 Å². The van der Waals surface area contributed by atoms with E-state index >= 15 is 0 Å². The largest absolute Gasteiger partial charge is 0.331 e. The van der Waals surface area contributed by atoms with Gasteiger partial charge < -0.3 is 10.3 Å². The second kappa shape index (κ2) is 2.72. The van der Waals surface area contributed by atoms with Gasteiger partial charge in [-0.2, -0.15) is 0 Å². The predicted molar refractivity (Wildman–Crippen MR) is 41.7 cm³/mol. The molecule has 2 rings (SSSR count). The molecule has 6 heteroatoms. The number of anilines is 1. The first-order valence-electron chi connectivity index (χ1n) is 3.15. The molecule has 1 aliphatic rings. The van der Waals surface area contributed by atoms with E-state index in [-0.39, 0.29) is 6.35 Å². The summed E-state index contributed by atoms with van der Waals surface area (Å²) in [6.45, 7) is 0.660. The highest BCUT2D eigenvalue weighted by molar-refractivity contribution is 7.75. The van der Waals surface area contributed by atoms with Gasteiger partial charge in [-0.05, 0) is 12.9 Å². The molecule has 1 aliphatic heterocycles. The SMILES string of the molecule is SOC1NCc2n[c][nH]c2N1. The van der Waals surface area contributed by atoms with Gasteiger partial charge in [-0.25, -0.2) is 4.98 Å². The zero-order chi connectivity index (χ0) is 7.68. The van der Waals surface area contributed by atoms with Crippen LogP contribution in [0.15, 0.2) is 0 Å². The van der Waals surface area contributed by atoms with Crippen LogP contribution in [0.2, 0.25) is 0 Å². The van der Waals surface area contributed by atoms with E-state index in [2.05, 4.69) is 39.8 Å². The highest BCUT2D eigenvalue weighted by Crippen LogP contribution is 2.14. The van der Waals surface area contributed by atoms with E-state index in [9.17, 15) is 0 Å². The van der Waals surface area contributed by atoms with E-state index in [1.165, 1.54) is 0 Å². The summed E-state index contributed by atoms with van der Waals surface area (Å²) < 4.78 is 4.73. The molecule has 1 radical (unpaired) electrons. The average molecular weight is 171 g/mol. The third-order valence-corrected chi connectivity index (χ3v) is 1.71. The van der Waals surface area contributed by atoms with Gasteiger partial charge in [-0.3, -0.25) is 9.50 Å². The minimum Gasteiger partial charge on any atom is -0.331 e.